The molecule has 0 bridgehead atoms. The molecule has 1 rings (SSSR count). The summed E-state index contributed by atoms with van der Waals surface area (Å²) in [6.07, 6.45) is 0. The van der Waals surface area contributed by atoms with Gasteiger partial charge in [0.15, 0.2) is 0 Å². The van der Waals surface area contributed by atoms with E-state index in [0.29, 0.717) is 6.54 Å². The Balaban J connectivity index is 3.06. The SMILES string of the molecule is CN(C)CCN(CC(=O)O)S(=O)(=O)c1cccc(F)c1. The summed E-state index contributed by atoms with van der Waals surface area (Å²) in [4.78, 5) is 12.3. The van der Waals surface area contributed by atoms with Crippen LogP contribution in [-0.4, -0.2) is 62.4 Å². The first-order chi connectivity index (χ1) is 9.23. The molecule has 0 aliphatic rings. The van der Waals surface area contributed by atoms with E-state index >= 15 is 0 Å². The highest BCUT2D eigenvalue weighted by Gasteiger charge is 2.26. The minimum Gasteiger partial charge on any atom is -0.480 e. The molecule has 0 amide bonds. The molecule has 6 nitrogen and oxygen atoms in total. The highest BCUT2D eigenvalue weighted by atomic mass is 32.2. The number of aliphatic carboxylic acids is 1. The van der Waals surface area contributed by atoms with Crippen molar-refractivity contribution in [2.75, 3.05) is 33.7 Å². The smallest absolute Gasteiger partial charge is 0.318 e. The maximum Gasteiger partial charge on any atom is 0.318 e. The van der Waals surface area contributed by atoms with Crippen molar-refractivity contribution >= 4 is 16.0 Å². The van der Waals surface area contributed by atoms with Crippen LogP contribution in [0.1, 0.15) is 0 Å². The summed E-state index contributed by atoms with van der Waals surface area (Å²) in [5.41, 5.74) is 0. The molecule has 8 heteroatoms. The fourth-order valence-electron chi connectivity index (χ4n) is 1.52. The number of hydrogen-bond acceptors (Lipinski definition) is 4. The summed E-state index contributed by atoms with van der Waals surface area (Å²) in [6.45, 7) is -0.285. The number of carbonyl (C=O) groups is 1. The van der Waals surface area contributed by atoms with Gasteiger partial charge in [-0.05, 0) is 32.3 Å². The topological polar surface area (TPSA) is 77.9 Å². The van der Waals surface area contributed by atoms with Crippen LogP contribution in [0.2, 0.25) is 0 Å². The van der Waals surface area contributed by atoms with Crippen LogP contribution in [0, 0.1) is 5.82 Å². The Bertz CT molecular complexity index is 575. The van der Waals surface area contributed by atoms with Crippen molar-refractivity contribution in [3.8, 4) is 0 Å². The van der Waals surface area contributed by atoms with Crippen molar-refractivity contribution in [2.45, 2.75) is 4.90 Å². The Hall–Kier alpha value is -1.51. The monoisotopic (exact) mass is 304 g/mol. The van der Waals surface area contributed by atoms with E-state index < -0.39 is 28.4 Å². The molecule has 112 valence electrons. The number of sulfonamides is 1. The molecule has 0 saturated heterocycles. The van der Waals surface area contributed by atoms with Crippen LogP contribution in [0.15, 0.2) is 29.2 Å². The number of benzene rings is 1. The van der Waals surface area contributed by atoms with Crippen LogP contribution in [0.3, 0.4) is 0 Å². The second-order valence-electron chi connectivity index (χ2n) is 4.49. The molecule has 1 aromatic rings. The van der Waals surface area contributed by atoms with Gasteiger partial charge in [-0.25, -0.2) is 12.8 Å². The molecular weight excluding hydrogens is 287 g/mol. The van der Waals surface area contributed by atoms with E-state index in [0.717, 1.165) is 16.4 Å². The molecule has 20 heavy (non-hydrogen) atoms. The Labute approximate surface area is 117 Å². The number of carboxylic acid groups (broad SMARTS) is 1. The van der Waals surface area contributed by atoms with E-state index in [1.165, 1.54) is 12.1 Å². The number of carboxylic acids is 1. The average Bonchev–Trinajstić information content (AvgIpc) is 2.33. The number of nitrogens with zero attached hydrogens (tertiary/aromatic N) is 2. The van der Waals surface area contributed by atoms with Gasteiger partial charge in [0.2, 0.25) is 10.0 Å². The average molecular weight is 304 g/mol. The molecule has 0 radical (unpaired) electrons. The van der Waals surface area contributed by atoms with Gasteiger partial charge in [0, 0.05) is 13.1 Å². The maximum absolute atomic E-state index is 13.1. The first-order valence-electron chi connectivity index (χ1n) is 5.85. The van der Waals surface area contributed by atoms with E-state index in [2.05, 4.69) is 0 Å². The van der Waals surface area contributed by atoms with Crippen LogP contribution in [0.25, 0.3) is 0 Å². The minimum absolute atomic E-state index is 0.0121. The summed E-state index contributed by atoms with van der Waals surface area (Å²) in [5, 5.41) is 8.82. The predicted octanol–water partition coefficient (Wildman–Crippen LogP) is 0.463. The maximum atomic E-state index is 13.1. The molecule has 0 aliphatic carbocycles. The van der Waals surface area contributed by atoms with E-state index in [4.69, 9.17) is 5.11 Å². The van der Waals surface area contributed by atoms with Crippen LogP contribution in [0.5, 0.6) is 0 Å². The van der Waals surface area contributed by atoms with Gasteiger partial charge in [-0.1, -0.05) is 6.07 Å². The predicted molar refractivity (Wildman–Crippen MR) is 71.3 cm³/mol. The van der Waals surface area contributed by atoms with E-state index in [9.17, 15) is 17.6 Å². The van der Waals surface area contributed by atoms with Crippen molar-refractivity contribution < 1.29 is 22.7 Å². The Morgan fingerprint density at radius 2 is 1.95 bits per heavy atom. The van der Waals surface area contributed by atoms with Gasteiger partial charge in [0.1, 0.15) is 12.4 Å². The fraction of sp³-hybridized carbons (Fsp3) is 0.417. The molecule has 0 spiro atoms. The normalized spacial score (nSPS) is 12.1. The molecule has 0 heterocycles. The highest BCUT2D eigenvalue weighted by molar-refractivity contribution is 7.89. The molecule has 0 saturated carbocycles. The molecule has 0 aliphatic heterocycles. The van der Waals surface area contributed by atoms with Gasteiger partial charge in [-0.3, -0.25) is 4.79 Å². The van der Waals surface area contributed by atoms with Gasteiger partial charge in [0.05, 0.1) is 4.90 Å². The Morgan fingerprint density at radius 1 is 1.30 bits per heavy atom. The van der Waals surface area contributed by atoms with Gasteiger partial charge in [-0.2, -0.15) is 4.31 Å². The zero-order valence-corrected chi connectivity index (χ0v) is 12.1. The number of hydrogen-bond donors (Lipinski definition) is 1. The van der Waals surface area contributed by atoms with Crippen molar-refractivity contribution in [2.24, 2.45) is 0 Å². The highest BCUT2D eigenvalue weighted by Crippen LogP contribution is 2.16. The first-order valence-corrected chi connectivity index (χ1v) is 7.29. The van der Waals surface area contributed by atoms with Crippen molar-refractivity contribution in [1.29, 1.82) is 0 Å². The lowest BCUT2D eigenvalue weighted by Gasteiger charge is -2.22. The second kappa shape index (κ2) is 6.78. The molecular formula is C12H17FN2O4S. The zero-order valence-electron chi connectivity index (χ0n) is 11.3. The minimum atomic E-state index is -4.03. The van der Waals surface area contributed by atoms with Gasteiger partial charge in [0.25, 0.3) is 0 Å². The molecule has 1 aromatic carbocycles. The summed E-state index contributed by atoms with van der Waals surface area (Å²) >= 11 is 0. The Morgan fingerprint density at radius 3 is 2.45 bits per heavy atom. The lowest BCUT2D eigenvalue weighted by molar-refractivity contribution is -0.137. The zero-order chi connectivity index (χ0) is 15.3. The summed E-state index contributed by atoms with van der Waals surface area (Å²) in [6, 6.07) is 4.51. The van der Waals surface area contributed by atoms with Crippen molar-refractivity contribution in [3.05, 3.63) is 30.1 Å². The third kappa shape index (κ3) is 4.55. The second-order valence-corrected chi connectivity index (χ2v) is 6.43. The van der Waals surface area contributed by atoms with Crippen molar-refractivity contribution in [1.82, 2.24) is 9.21 Å². The molecule has 0 aromatic heterocycles. The number of rotatable bonds is 7. The fourth-order valence-corrected chi connectivity index (χ4v) is 2.94. The molecule has 0 fully saturated rings. The summed E-state index contributed by atoms with van der Waals surface area (Å²) < 4.78 is 38.6. The molecule has 1 N–H and O–H groups in total. The van der Waals surface area contributed by atoms with Gasteiger partial charge in [-0.15, -0.1) is 0 Å². The summed E-state index contributed by atoms with van der Waals surface area (Å²) in [5.74, 6) is -1.95. The lowest BCUT2D eigenvalue weighted by Crippen LogP contribution is -2.40. The largest absolute Gasteiger partial charge is 0.480 e. The molecule has 0 unspecified atom stereocenters. The van der Waals surface area contributed by atoms with Gasteiger partial charge < -0.3 is 10.0 Å². The van der Waals surface area contributed by atoms with Crippen LogP contribution >= 0.6 is 0 Å². The first kappa shape index (κ1) is 16.5. The van der Waals surface area contributed by atoms with E-state index in [-0.39, 0.29) is 11.4 Å². The Kier molecular flexibility index (Phi) is 5.61. The van der Waals surface area contributed by atoms with Crippen LogP contribution in [-0.2, 0) is 14.8 Å². The lowest BCUT2D eigenvalue weighted by atomic mass is 10.4. The van der Waals surface area contributed by atoms with Crippen molar-refractivity contribution in [3.63, 3.8) is 0 Å². The quantitative estimate of drug-likeness (QED) is 0.792. The third-order valence-electron chi connectivity index (χ3n) is 2.54. The summed E-state index contributed by atoms with van der Waals surface area (Å²) in [7, 11) is -0.541. The van der Waals surface area contributed by atoms with Gasteiger partial charge >= 0.3 is 5.97 Å². The third-order valence-corrected chi connectivity index (χ3v) is 4.38. The van der Waals surface area contributed by atoms with E-state index in [1.807, 2.05) is 0 Å². The number of halogens is 1. The van der Waals surface area contributed by atoms with Crippen LogP contribution in [0.4, 0.5) is 4.39 Å². The van der Waals surface area contributed by atoms with E-state index in [1.54, 1.807) is 19.0 Å². The van der Waals surface area contributed by atoms with Crippen LogP contribution < -0.4 is 0 Å². The standard InChI is InChI=1S/C12H17FN2O4S/c1-14(2)6-7-15(9-12(16)17)20(18,19)11-5-3-4-10(13)8-11/h3-5,8H,6-7,9H2,1-2H3,(H,16,17). The number of likely N-dealkylation sites (N-methyl/N-ethyl adjacent to an activating group) is 1. The molecule has 0 atom stereocenters.